The topological polar surface area (TPSA) is 96.9 Å². The van der Waals surface area contributed by atoms with Crippen LogP contribution in [0.2, 0.25) is 0 Å². The van der Waals surface area contributed by atoms with E-state index in [0.29, 0.717) is 24.2 Å². The molecule has 3 fully saturated rings. The number of hydrogen-bond acceptors (Lipinski definition) is 7. The van der Waals surface area contributed by atoms with Gasteiger partial charge in [-0.2, -0.15) is 9.97 Å². The molecule has 2 aliphatic carbocycles. The predicted molar refractivity (Wildman–Crippen MR) is 163 cm³/mol. The summed E-state index contributed by atoms with van der Waals surface area (Å²) in [5, 5.41) is 10.2. The fourth-order valence-corrected chi connectivity index (χ4v) is 7.08. The first-order valence-corrected chi connectivity index (χ1v) is 15.4. The first-order valence-electron chi connectivity index (χ1n) is 15.4. The highest BCUT2D eigenvalue weighted by atomic mass is 15.2. The van der Waals surface area contributed by atoms with Crippen molar-refractivity contribution in [2.24, 2.45) is 5.73 Å². The first kappa shape index (κ1) is 25.7. The number of nitrogens with one attached hydrogen (secondary N) is 2. The molecule has 0 atom stereocenters. The summed E-state index contributed by atoms with van der Waals surface area (Å²) in [6, 6.07) is 17.0. The average molecular weight is 539 g/mol. The van der Waals surface area contributed by atoms with Gasteiger partial charge in [0.15, 0.2) is 17.0 Å². The van der Waals surface area contributed by atoms with Crippen molar-refractivity contribution in [3.05, 3.63) is 54.4 Å². The Morgan fingerprint density at radius 3 is 2.38 bits per heavy atom. The zero-order chi connectivity index (χ0) is 26.9. The maximum absolute atomic E-state index is 6.16. The monoisotopic (exact) mass is 538 g/mol. The second kappa shape index (κ2) is 11.3. The molecule has 1 saturated heterocycles. The Morgan fingerprint density at radius 1 is 0.800 bits per heavy atom. The number of fused-ring (bicyclic) bond motifs is 2. The van der Waals surface area contributed by atoms with Crippen LogP contribution in [0, 0.1) is 0 Å². The van der Waals surface area contributed by atoms with Gasteiger partial charge in [-0.05, 0) is 67.7 Å². The third-order valence-electron chi connectivity index (χ3n) is 9.45. The molecule has 40 heavy (non-hydrogen) atoms. The van der Waals surface area contributed by atoms with Crippen molar-refractivity contribution in [3.63, 3.8) is 0 Å². The van der Waals surface area contributed by atoms with Crippen molar-refractivity contribution in [1.82, 2.24) is 24.4 Å². The zero-order valence-electron chi connectivity index (χ0n) is 23.4. The SMILES string of the molecule is NC1CCC(Nc2nc(NC3CCN(Cc4cccc5ccccc45)CC3)c3ncn(C4CCCC4)c3n2)CC1. The van der Waals surface area contributed by atoms with E-state index >= 15 is 0 Å². The summed E-state index contributed by atoms with van der Waals surface area (Å²) in [4.78, 5) is 17.5. The van der Waals surface area contributed by atoms with Crippen LogP contribution in [0.5, 0.6) is 0 Å². The van der Waals surface area contributed by atoms with E-state index in [-0.39, 0.29) is 0 Å². The number of nitrogens with zero attached hydrogens (tertiary/aromatic N) is 5. The second-order valence-electron chi connectivity index (χ2n) is 12.2. The first-order chi connectivity index (χ1) is 19.7. The Kier molecular flexibility index (Phi) is 7.29. The fraction of sp³-hybridized carbons (Fsp3) is 0.531. The Labute approximate surface area is 236 Å². The Bertz CT molecular complexity index is 1440. The predicted octanol–water partition coefficient (Wildman–Crippen LogP) is 5.85. The molecule has 4 N–H and O–H groups in total. The van der Waals surface area contributed by atoms with Crippen LogP contribution in [0.25, 0.3) is 21.9 Å². The van der Waals surface area contributed by atoms with Crippen LogP contribution in [0.3, 0.4) is 0 Å². The van der Waals surface area contributed by atoms with E-state index in [0.717, 1.165) is 81.1 Å². The highest BCUT2D eigenvalue weighted by Crippen LogP contribution is 2.34. The van der Waals surface area contributed by atoms with Gasteiger partial charge < -0.3 is 20.9 Å². The number of benzene rings is 2. The third-order valence-corrected chi connectivity index (χ3v) is 9.45. The van der Waals surface area contributed by atoms with Gasteiger partial charge in [0.1, 0.15) is 0 Å². The summed E-state index contributed by atoms with van der Waals surface area (Å²) in [5.41, 5.74) is 9.45. The Hall–Kier alpha value is -3.23. The molecule has 8 heteroatoms. The quantitative estimate of drug-likeness (QED) is 0.271. The van der Waals surface area contributed by atoms with Crippen molar-refractivity contribution in [3.8, 4) is 0 Å². The largest absolute Gasteiger partial charge is 0.365 e. The normalized spacial score (nSPS) is 23.2. The van der Waals surface area contributed by atoms with Gasteiger partial charge in [0.05, 0.1) is 6.33 Å². The Morgan fingerprint density at radius 2 is 1.55 bits per heavy atom. The minimum atomic E-state index is 0.328. The van der Waals surface area contributed by atoms with Crippen LogP contribution in [-0.4, -0.2) is 55.6 Å². The Balaban J connectivity index is 1.07. The summed E-state index contributed by atoms with van der Waals surface area (Å²) in [6.07, 6.45) is 13.4. The lowest BCUT2D eigenvalue weighted by Crippen LogP contribution is -2.39. The van der Waals surface area contributed by atoms with Crippen LogP contribution < -0.4 is 16.4 Å². The lowest BCUT2D eigenvalue weighted by molar-refractivity contribution is 0.212. The minimum Gasteiger partial charge on any atom is -0.365 e. The van der Waals surface area contributed by atoms with E-state index in [1.54, 1.807) is 0 Å². The minimum absolute atomic E-state index is 0.328. The molecule has 210 valence electrons. The molecule has 4 aromatic rings. The number of nitrogens with two attached hydrogens (primary N) is 1. The summed E-state index contributed by atoms with van der Waals surface area (Å²) in [7, 11) is 0. The van der Waals surface area contributed by atoms with Gasteiger partial charge >= 0.3 is 0 Å². The molecule has 2 aromatic heterocycles. The molecular weight excluding hydrogens is 496 g/mol. The molecule has 0 radical (unpaired) electrons. The van der Waals surface area contributed by atoms with E-state index < -0.39 is 0 Å². The number of aromatic nitrogens is 4. The van der Waals surface area contributed by atoms with Crippen LogP contribution in [0.4, 0.5) is 11.8 Å². The standard InChI is InChI=1S/C32H42N8/c33-24-12-14-25(15-13-24)36-32-37-30(29-31(38-32)40(21-34-29)27-9-2-3-10-27)35-26-16-18-39(19-17-26)20-23-8-5-7-22-6-1-4-11-28(22)23/h1,4-8,11,21,24-27H,2-3,9-10,12-20,33H2,(H2,35,36,37,38). The number of piperidine rings is 1. The number of rotatable bonds is 7. The molecule has 8 nitrogen and oxygen atoms in total. The number of anilines is 2. The van der Waals surface area contributed by atoms with Crippen molar-refractivity contribution in [2.75, 3.05) is 23.7 Å². The van der Waals surface area contributed by atoms with Gasteiger partial charge in [0.2, 0.25) is 5.95 Å². The van der Waals surface area contributed by atoms with Crippen LogP contribution >= 0.6 is 0 Å². The van der Waals surface area contributed by atoms with E-state index in [4.69, 9.17) is 20.7 Å². The van der Waals surface area contributed by atoms with Crippen LogP contribution in [0.1, 0.15) is 75.8 Å². The highest BCUT2D eigenvalue weighted by molar-refractivity contribution is 5.86. The van der Waals surface area contributed by atoms with Crippen LogP contribution in [0.15, 0.2) is 48.8 Å². The second-order valence-corrected chi connectivity index (χ2v) is 12.2. The summed E-state index contributed by atoms with van der Waals surface area (Å²) < 4.78 is 2.31. The molecule has 0 bridgehead atoms. The molecule has 7 rings (SSSR count). The molecule has 3 heterocycles. The van der Waals surface area contributed by atoms with Crippen LogP contribution in [-0.2, 0) is 6.54 Å². The third kappa shape index (κ3) is 5.39. The van der Waals surface area contributed by atoms with Gasteiger partial charge in [-0.3, -0.25) is 4.90 Å². The molecule has 2 saturated carbocycles. The summed E-state index contributed by atoms with van der Waals surface area (Å²) in [5.74, 6) is 1.60. The van der Waals surface area contributed by atoms with Crippen molar-refractivity contribution >= 4 is 33.7 Å². The van der Waals surface area contributed by atoms with Gasteiger partial charge in [0, 0.05) is 43.8 Å². The molecule has 2 aromatic carbocycles. The van der Waals surface area contributed by atoms with Crippen molar-refractivity contribution in [1.29, 1.82) is 0 Å². The zero-order valence-corrected chi connectivity index (χ0v) is 23.4. The lowest BCUT2D eigenvalue weighted by Gasteiger charge is -2.33. The molecule has 0 unspecified atom stereocenters. The van der Waals surface area contributed by atoms with E-state index in [1.807, 2.05) is 6.33 Å². The van der Waals surface area contributed by atoms with Crippen molar-refractivity contribution in [2.45, 2.75) is 94.9 Å². The maximum Gasteiger partial charge on any atom is 0.227 e. The number of hydrogen-bond donors (Lipinski definition) is 3. The van der Waals surface area contributed by atoms with E-state index in [1.165, 1.54) is 42.0 Å². The highest BCUT2D eigenvalue weighted by Gasteiger charge is 2.26. The molecule has 0 amide bonds. The average Bonchev–Trinajstić information content (AvgIpc) is 3.66. The van der Waals surface area contributed by atoms with Gasteiger partial charge in [-0.25, -0.2) is 4.98 Å². The fourth-order valence-electron chi connectivity index (χ4n) is 7.08. The lowest BCUT2D eigenvalue weighted by atomic mass is 9.92. The molecule has 0 spiro atoms. The maximum atomic E-state index is 6.16. The molecular formula is C32H42N8. The number of likely N-dealkylation sites (tertiary alicyclic amines) is 1. The molecule has 1 aliphatic heterocycles. The van der Waals surface area contributed by atoms with Gasteiger partial charge in [-0.15, -0.1) is 0 Å². The van der Waals surface area contributed by atoms with Crippen molar-refractivity contribution < 1.29 is 0 Å². The van der Waals surface area contributed by atoms with Gasteiger partial charge in [0.25, 0.3) is 0 Å². The summed E-state index contributed by atoms with van der Waals surface area (Å²) >= 11 is 0. The number of imidazole rings is 1. The molecule has 3 aliphatic rings. The summed E-state index contributed by atoms with van der Waals surface area (Å²) in [6.45, 7) is 3.13. The van der Waals surface area contributed by atoms with E-state index in [9.17, 15) is 0 Å². The van der Waals surface area contributed by atoms with Gasteiger partial charge in [-0.1, -0.05) is 55.3 Å². The van der Waals surface area contributed by atoms with E-state index in [2.05, 4.69) is 62.6 Å². The smallest absolute Gasteiger partial charge is 0.227 e.